The number of nitrogens with one attached hydrogen (secondary N) is 1. The molecule has 4 heteroatoms. The number of rotatable bonds is 6. The first kappa shape index (κ1) is 15.7. The maximum Gasteiger partial charge on any atom is 0.141 e. The van der Waals surface area contributed by atoms with Crippen molar-refractivity contribution in [1.29, 1.82) is 0 Å². The Bertz CT molecular complexity index is 549. The Balaban J connectivity index is 2.03. The Labute approximate surface area is 127 Å². The summed E-state index contributed by atoms with van der Waals surface area (Å²) in [6.45, 7) is 11.4. The molecule has 4 nitrogen and oxygen atoms in total. The van der Waals surface area contributed by atoms with Crippen molar-refractivity contribution in [2.75, 3.05) is 6.54 Å². The van der Waals surface area contributed by atoms with Crippen molar-refractivity contribution in [3.05, 3.63) is 47.5 Å². The quantitative estimate of drug-likeness (QED) is 0.830. The molecule has 0 bridgehead atoms. The molecule has 0 saturated carbocycles. The first-order valence-corrected chi connectivity index (χ1v) is 7.67. The zero-order valence-electron chi connectivity index (χ0n) is 13.6. The zero-order chi connectivity index (χ0) is 15.3. The van der Waals surface area contributed by atoms with Gasteiger partial charge in [-0.2, -0.15) is 5.10 Å². The van der Waals surface area contributed by atoms with Gasteiger partial charge in [0.2, 0.25) is 0 Å². The zero-order valence-corrected chi connectivity index (χ0v) is 13.6. The Kier molecular flexibility index (Phi) is 5.12. The van der Waals surface area contributed by atoms with Crippen LogP contribution in [0.3, 0.4) is 0 Å². The first-order chi connectivity index (χ1) is 10.0. The second-order valence-corrected chi connectivity index (χ2v) is 6.46. The number of hydrogen-bond acceptors (Lipinski definition) is 3. The van der Waals surface area contributed by atoms with Gasteiger partial charge in [-0.3, -0.25) is 0 Å². The van der Waals surface area contributed by atoms with Crippen LogP contribution in [0.25, 0.3) is 0 Å². The van der Waals surface area contributed by atoms with Gasteiger partial charge < -0.3 is 5.32 Å². The van der Waals surface area contributed by atoms with Gasteiger partial charge in [0.05, 0.1) is 13.1 Å². The van der Waals surface area contributed by atoms with Gasteiger partial charge in [-0.05, 0) is 29.5 Å². The molecule has 2 aromatic rings. The Morgan fingerprint density at radius 2 is 1.86 bits per heavy atom. The van der Waals surface area contributed by atoms with E-state index in [2.05, 4.69) is 67.4 Å². The lowest BCUT2D eigenvalue weighted by Gasteiger charge is -2.19. The van der Waals surface area contributed by atoms with Gasteiger partial charge in [-0.25, -0.2) is 9.67 Å². The lowest BCUT2D eigenvalue weighted by atomic mass is 9.87. The van der Waals surface area contributed by atoms with E-state index in [9.17, 15) is 0 Å². The Morgan fingerprint density at radius 1 is 1.14 bits per heavy atom. The lowest BCUT2D eigenvalue weighted by Crippen LogP contribution is -2.18. The highest BCUT2D eigenvalue weighted by molar-refractivity contribution is 5.27. The molecule has 0 atom stereocenters. The highest BCUT2D eigenvalue weighted by atomic mass is 15.3. The van der Waals surface area contributed by atoms with Crippen molar-refractivity contribution in [3.63, 3.8) is 0 Å². The van der Waals surface area contributed by atoms with Gasteiger partial charge in [0.25, 0.3) is 0 Å². The first-order valence-electron chi connectivity index (χ1n) is 7.67. The van der Waals surface area contributed by atoms with Crippen molar-refractivity contribution in [2.45, 2.75) is 52.6 Å². The maximum atomic E-state index is 4.33. The van der Waals surface area contributed by atoms with E-state index in [4.69, 9.17) is 0 Å². The highest BCUT2D eigenvalue weighted by Gasteiger charge is 2.13. The summed E-state index contributed by atoms with van der Waals surface area (Å²) in [5.74, 6) is 0.989. The molecule has 2 rings (SSSR count). The van der Waals surface area contributed by atoms with Crippen molar-refractivity contribution < 1.29 is 0 Å². The summed E-state index contributed by atoms with van der Waals surface area (Å²) < 4.78 is 1.97. The van der Waals surface area contributed by atoms with Crippen LogP contribution in [0.5, 0.6) is 0 Å². The van der Waals surface area contributed by atoms with Crippen LogP contribution >= 0.6 is 0 Å². The summed E-state index contributed by atoms with van der Waals surface area (Å²) in [7, 11) is 0. The normalized spacial score (nSPS) is 11.8. The molecule has 114 valence electrons. The van der Waals surface area contributed by atoms with Crippen LogP contribution in [0.4, 0.5) is 0 Å². The van der Waals surface area contributed by atoms with Gasteiger partial charge in [-0.1, -0.05) is 52.0 Å². The van der Waals surface area contributed by atoms with E-state index in [1.54, 1.807) is 6.33 Å². The SMILES string of the molecule is CCCNCc1ncnn1Cc1ccc(C(C)(C)C)cc1. The molecule has 0 aliphatic rings. The fraction of sp³-hybridized carbons (Fsp3) is 0.529. The minimum absolute atomic E-state index is 0.195. The Hall–Kier alpha value is -1.68. The largest absolute Gasteiger partial charge is 0.310 e. The predicted molar refractivity (Wildman–Crippen MR) is 86.3 cm³/mol. The molecule has 0 spiro atoms. The average Bonchev–Trinajstić information content (AvgIpc) is 2.86. The van der Waals surface area contributed by atoms with E-state index in [0.29, 0.717) is 0 Å². The molecule has 0 aliphatic carbocycles. The molecule has 1 heterocycles. The van der Waals surface area contributed by atoms with Gasteiger partial charge in [0.15, 0.2) is 0 Å². The van der Waals surface area contributed by atoms with Crippen LogP contribution < -0.4 is 5.32 Å². The van der Waals surface area contributed by atoms with E-state index in [-0.39, 0.29) is 5.41 Å². The van der Waals surface area contributed by atoms with Crippen LogP contribution in [-0.2, 0) is 18.5 Å². The predicted octanol–water partition coefficient (Wildman–Crippen LogP) is 3.12. The third-order valence-electron chi connectivity index (χ3n) is 3.56. The molecular weight excluding hydrogens is 260 g/mol. The highest BCUT2D eigenvalue weighted by Crippen LogP contribution is 2.22. The standard InChI is InChI=1S/C17H26N4/c1-5-10-18-11-16-19-13-20-21(16)12-14-6-8-15(9-7-14)17(2,3)4/h6-9,13,18H,5,10-12H2,1-4H3. The van der Waals surface area contributed by atoms with E-state index in [0.717, 1.165) is 31.9 Å². The van der Waals surface area contributed by atoms with E-state index in [1.165, 1.54) is 11.1 Å². The van der Waals surface area contributed by atoms with E-state index in [1.807, 2.05) is 4.68 Å². The second kappa shape index (κ2) is 6.85. The van der Waals surface area contributed by atoms with Crippen molar-refractivity contribution in [3.8, 4) is 0 Å². The van der Waals surface area contributed by atoms with Crippen LogP contribution in [0.1, 0.15) is 51.1 Å². The van der Waals surface area contributed by atoms with E-state index >= 15 is 0 Å². The monoisotopic (exact) mass is 286 g/mol. The molecule has 0 saturated heterocycles. The topological polar surface area (TPSA) is 42.7 Å². The van der Waals surface area contributed by atoms with Gasteiger partial charge in [0, 0.05) is 0 Å². The minimum Gasteiger partial charge on any atom is -0.310 e. The fourth-order valence-electron chi connectivity index (χ4n) is 2.22. The van der Waals surface area contributed by atoms with Crippen molar-refractivity contribution in [1.82, 2.24) is 20.1 Å². The molecule has 0 fully saturated rings. The molecule has 0 unspecified atom stereocenters. The number of aromatic nitrogens is 3. The summed E-state index contributed by atoms with van der Waals surface area (Å²) in [6, 6.07) is 8.79. The van der Waals surface area contributed by atoms with Crippen LogP contribution in [-0.4, -0.2) is 21.3 Å². The van der Waals surface area contributed by atoms with Gasteiger partial charge in [-0.15, -0.1) is 0 Å². The summed E-state index contributed by atoms with van der Waals surface area (Å²) in [5, 5.41) is 7.70. The molecule has 21 heavy (non-hydrogen) atoms. The molecule has 1 N–H and O–H groups in total. The van der Waals surface area contributed by atoms with Crippen molar-refractivity contribution >= 4 is 0 Å². The number of benzene rings is 1. The number of nitrogens with zero attached hydrogens (tertiary/aromatic N) is 3. The van der Waals surface area contributed by atoms with Crippen molar-refractivity contribution in [2.24, 2.45) is 0 Å². The fourth-order valence-corrected chi connectivity index (χ4v) is 2.22. The summed E-state index contributed by atoms with van der Waals surface area (Å²) in [4.78, 5) is 4.33. The van der Waals surface area contributed by atoms with Crippen LogP contribution in [0, 0.1) is 0 Å². The smallest absolute Gasteiger partial charge is 0.141 e. The maximum absolute atomic E-state index is 4.33. The molecule has 0 aliphatic heterocycles. The Morgan fingerprint density at radius 3 is 2.48 bits per heavy atom. The summed E-state index contributed by atoms with van der Waals surface area (Å²) >= 11 is 0. The molecule has 0 radical (unpaired) electrons. The lowest BCUT2D eigenvalue weighted by molar-refractivity contribution is 0.579. The third kappa shape index (κ3) is 4.39. The average molecular weight is 286 g/mol. The number of hydrogen-bond donors (Lipinski definition) is 1. The van der Waals surface area contributed by atoms with Crippen LogP contribution in [0.2, 0.25) is 0 Å². The summed E-state index contributed by atoms with van der Waals surface area (Å²) in [5.41, 5.74) is 2.81. The third-order valence-corrected chi connectivity index (χ3v) is 3.56. The summed E-state index contributed by atoms with van der Waals surface area (Å²) in [6.07, 6.45) is 2.76. The van der Waals surface area contributed by atoms with Crippen LogP contribution in [0.15, 0.2) is 30.6 Å². The van der Waals surface area contributed by atoms with E-state index < -0.39 is 0 Å². The second-order valence-electron chi connectivity index (χ2n) is 6.46. The molecule has 1 aromatic carbocycles. The molecule has 1 aromatic heterocycles. The molecule has 0 amide bonds. The minimum atomic E-state index is 0.195. The van der Waals surface area contributed by atoms with Gasteiger partial charge in [0.1, 0.15) is 12.2 Å². The van der Waals surface area contributed by atoms with Gasteiger partial charge >= 0.3 is 0 Å². The molecular formula is C17H26N4.